The largest absolute Gasteiger partial charge is 0.488 e. The summed E-state index contributed by atoms with van der Waals surface area (Å²) < 4.78 is 12.8. The maximum Gasteiger partial charge on any atom is 0.208 e. The standard InChI is InChI=1S/C25H30NO2.V/c1-5-17-27-18-16-26-22-13-8-7-12-21(22)24(3,4)25(26)15-14-20-11-9-10-19(6-2)23(20)28-25;/h7-8,10-15H,5-6,16-18H2,1-4H3;/q-1;. The van der Waals surface area contributed by atoms with Gasteiger partial charge in [-0.2, -0.15) is 18.2 Å². The Bertz CT molecular complexity index is 892. The molecule has 0 aromatic heterocycles. The number of fused-ring (bicyclic) bond motifs is 2. The van der Waals surface area contributed by atoms with E-state index in [-0.39, 0.29) is 24.0 Å². The monoisotopic (exact) mass is 427 g/mol. The molecule has 4 rings (SSSR count). The Morgan fingerprint density at radius 3 is 2.66 bits per heavy atom. The molecule has 0 N–H and O–H groups in total. The summed E-state index contributed by atoms with van der Waals surface area (Å²) >= 11 is 0. The van der Waals surface area contributed by atoms with Crippen LogP contribution in [0.4, 0.5) is 5.69 Å². The molecule has 1 spiro atoms. The molecule has 0 fully saturated rings. The summed E-state index contributed by atoms with van der Waals surface area (Å²) in [5.41, 5.74) is 4.10. The minimum absolute atomic E-state index is 0. The Kier molecular flexibility index (Phi) is 6.52. The topological polar surface area (TPSA) is 21.7 Å². The Labute approximate surface area is 187 Å². The van der Waals surface area contributed by atoms with Gasteiger partial charge in [-0.05, 0) is 38.0 Å². The van der Waals surface area contributed by atoms with Crippen LogP contribution in [-0.2, 0) is 35.1 Å². The fraction of sp³-hybridized carbons (Fsp3) is 0.440. The zero-order valence-electron chi connectivity index (χ0n) is 17.9. The van der Waals surface area contributed by atoms with Crippen LogP contribution in [0.15, 0.2) is 42.5 Å². The van der Waals surface area contributed by atoms with Crippen molar-refractivity contribution in [3.63, 3.8) is 0 Å². The number of anilines is 1. The molecular formula is C25H30NO2V-. The quantitative estimate of drug-likeness (QED) is 0.457. The van der Waals surface area contributed by atoms with Crippen molar-refractivity contribution in [2.24, 2.45) is 0 Å². The minimum atomic E-state index is -0.565. The maximum absolute atomic E-state index is 6.93. The van der Waals surface area contributed by atoms with Crippen LogP contribution in [0.2, 0.25) is 0 Å². The first kappa shape index (κ1) is 22.0. The number of benzene rings is 2. The second-order valence-electron chi connectivity index (χ2n) is 8.16. The number of para-hydroxylation sites is 1. The fourth-order valence-electron chi connectivity index (χ4n) is 4.57. The second kappa shape index (κ2) is 8.59. The zero-order chi connectivity index (χ0) is 19.8. The average Bonchev–Trinajstić information content (AvgIpc) is 2.89. The van der Waals surface area contributed by atoms with Crippen LogP contribution in [0.3, 0.4) is 0 Å². The molecular weight excluding hydrogens is 397 g/mol. The van der Waals surface area contributed by atoms with Crippen molar-refractivity contribution in [1.82, 2.24) is 0 Å². The molecule has 0 aliphatic carbocycles. The van der Waals surface area contributed by atoms with Crippen molar-refractivity contribution in [2.45, 2.75) is 51.7 Å². The molecule has 0 saturated heterocycles. The number of hydrogen-bond donors (Lipinski definition) is 0. The summed E-state index contributed by atoms with van der Waals surface area (Å²) in [6.45, 7) is 11.2. The van der Waals surface area contributed by atoms with Gasteiger partial charge in [0, 0.05) is 43.1 Å². The third-order valence-corrected chi connectivity index (χ3v) is 6.15. The normalized spacial score (nSPS) is 20.8. The molecule has 0 saturated carbocycles. The van der Waals surface area contributed by atoms with Gasteiger partial charge in [0.1, 0.15) is 0 Å². The van der Waals surface area contributed by atoms with Crippen LogP contribution < -0.4 is 9.64 Å². The van der Waals surface area contributed by atoms with E-state index in [0.29, 0.717) is 6.61 Å². The SMILES string of the molecule is CCCOCCN1c2ccccc2C(C)(C)C12C=Cc1c[c-]cc(CC)c1O2.[V]. The first-order valence-corrected chi connectivity index (χ1v) is 10.4. The fourth-order valence-corrected chi connectivity index (χ4v) is 4.57. The summed E-state index contributed by atoms with van der Waals surface area (Å²) in [5, 5.41) is 0. The van der Waals surface area contributed by atoms with Crippen LogP contribution in [0.1, 0.15) is 50.8 Å². The number of rotatable bonds is 6. The second-order valence-corrected chi connectivity index (χ2v) is 8.16. The van der Waals surface area contributed by atoms with E-state index in [1.54, 1.807) is 0 Å². The van der Waals surface area contributed by atoms with Crippen molar-refractivity contribution in [1.29, 1.82) is 0 Å². The summed E-state index contributed by atoms with van der Waals surface area (Å²) in [6, 6.07) is 16.0. The molecule has 2 heterocycles. The molecule has 153 valence electrons. The van der Waals surface area contributed by atoms with Crippen molar-refractivity contribution >= 4 is 11.8 Å². The van der Waals surface area contributed by atoms with Crippen molar-refractivity contribution in [3.8, 4) is 5.75 Å². The van der Waals surface area contributed by atoms with E-state index in [1.165, 1.54) is 16.8 Å². The van der Waals surface area contributed by atoms with E-state index >= 15 is 0 Å². The predicted octanol–water partition coefficient (Wildman–Crippen LogP) is 5.37. The van der Waals surface area contributed by atoms with Crippen molar-refractivity contribution < 1.29 is 28.0 Å². The van der Waals surface area contributed by atoms with Crippen LogP contribution in [0.25, 0.3) is 6.08 Å². The summed E-state index contributed by atoms with van der Waals surface area (Å²) in [4.78, 5) is 2.40. The molecule has 0 bridgehead atoms. The van der Waals surface area contributed by atoms with Gasteiger partial charge in [-0.3, -0.25) is 0 Å². The molecule has 2 aromatic carbocycles. The van der Waals surface area contributed by atoms with Crippen LogP contribution in [-0.4, -0.2) is 25.5 Å². The van der Waals surface area contributed by atoms with E-state index < -0.39 is 5.72 Å². The molecule has 2 aliphatic rings. The van der Waals surface area contributed by atoms with Gasteiger partial charge in [-0.1, -0.05) is 44.0 Å². The van der Waals surface area contributed by atoms with Crippen molar-refractivity contribution in [2.75, 3.05) is 24.7 Å². The summed E-state index contributed by atoms with van der Waals surface area (Å²) in [6.07, 6.45) is 6.41. The van der Waals surface area contributed by atoms with Crippen LogP contribution >= 0.6 is 0 Å². The molecule has 29 heavy (non-hydrogen) atoms. The molecule has 1 radical (unpaired) electrons. The van der Waals surface area contributed by atoms with Gasteiger partial charge in [0.15, 0.2) is 0 Å². The van der Waals surface area contributed by atoms with Crippen molar-refractivity contribution in [3.05, 3.63) is 65.2 Å². The Morgan fingerprint density at radius 2 is 1.90 bits per heavy atom. The number of aryl methyl sites for hydroxylation is 1. The van der Waals surface area contributed by atoms with Gasteiger partial charge in [-0.15, -0.1) is 11.6 Å². The van der Waals surface area contributed by atoms with Crippen LogP contribution in [0.5, 0.6) is 5.75 Å². The summed E-state index contributed by atoms with van der Waals surface area (Å²) in [7, 11) is 0. The van der Waals surface area contributed by atoms with E-state index in [9.17, 15) is 0 Å². The van der Waals surface area contributed by atoms with E-state index in [4.69, 9.17) is 9.47 Å². The van der Waals surface area contributed by atoms with Crippen LogP contribution in [0, 0.1) is 6.07 Å². The molecule has 4 heteroatoms. The zero-order valence-corrected chi connectivity index (χ0v) is 19.3. The van der Waals surface area contributed by atoms with Gasteiger partial charge in [0.2, 0.25) is 5.72 Å². The molecule has 2 aromatic rings. The van der Waals surface area contributed by atoms with Gasteiger partial charge in [0.25, 0.3) is 0 Å². The molecule has 2 aliphatic heterocycles. The first-order chi connectivity index (χ1) is 13.5. The van der Waals surface area contributed by atoms with Gasteiger partial charge in [0.05, 0.1) is 12.0 Å². The third-order valence-electron chi connectivity index (χ3n) is 6.15. The van der Waals surface area contributed by atoms with Gasteiger partial charge >= 0.3 is 0 Å². The third kappa shape index (κ3) is 3.44. The Morgan fingerprint density at radius 1 is 1.10 bits per heavy atom. The smallest absolute Gasteiger partial charge is 0.208 e. The Balaban J connectivity index is 0.00000240. The predicted molar refractivity (Wildman–Crippen MR) is 115 cm³/mol. The number of hydrogen-bond acceptors (Lipinski definition) is 3. The average molecular weight is 427 g/mol. The van der Waals surface area contributed by atoms with E-state index in [0.717, 1.165) is 37.3 Å². The molecule has 1 atom stereocenters. The van der Waals surface area contributed by atoms with Gasteiger partial charge < -0.3 is 14.4 Å². The number of ether oxygens (including phenoxy) is 2. The number of nitrogens with zero attached hydrogens (tertiary/aromatic N) is 1. The van der Waals surface area contributed by atoms with Gasteiger partial charge in [-0.25, -0.2) is 0 Å². The van der Waals surface area contributed by atoms with E-state index in [1.807, 2.05) is 6.07 Å². The maximum atomic E-state index is 6.93. The summed E-state index contributed by atoms with van der Waals surface area (Å²) in [5.74, 6) is 0.990. The minimum Gasteiger partial charge on any atom is -0.488 e. The molecule has 3 nitrogen and oxygen atoms in total. The van der Waals surface area contributed by atoms with E-state index in [2.05, 4.69) is 81.1 Å². The molecule has 1 unspecified atom stereocenters. The molecule has 0 amide bonds. The Hall–Kier alpha value is -1.68. The first-order valence-electron chi connectivity index (χ1n) is 10.4.